The van der Waals surface area contributed by atoms with Crippen molar-refractivity contribution in [3.05, 3.63) is 28.5 Å². The third kappa shape index (κ3) is 2.38. The van der Waals surface area contributed by atoms with Gasteiger partial charge in [0.2, 0.25) is 0 Å². The van der Waals surface area contributed by atoms with E-state index in [1.54, 1.807) is 0 Å². The van der Waals surface area contributed by atoms with E-state index in [1.807, 2.05) is 0 Å². The fourth-order valence-electron chi connectivity index (χ4n) is 1.00. The summed E-state index contributed by atoms with van der Waals surface area (Å²) in [7, 11) is 0. The van der Waals surface area contributed by atoms with Crippen LogP contribution in [0.5, 0.6) is 0 Å². The number of halogens is 3. The lowest BCUT2D eigenvalue weighted by molar-refractivity contribution is -0.136. The molecule has 0 saturated heterocycles. The molecule has 0 amide bonds. The van der Waals surface area contributed by atoms with Crippen molar-refractivity contribution in [3.63, 3.8) is 0 Å². The number of carbonyl (C=O) groups is 1. The normalized spacial score (nSPS) is 10.6. The Balaban J connectivity index is 3.15. The molecule has 1 N–H and O–H groups in total. The van der Waals surface area contributed by atoms with Crippen molar-refractivity contribution in [1.29, 1.82) is 0 Å². The van der Waals surface area contributed by atoms with Gasteiger partial charge >= 0.3 is 5.97 Å². The molecule has 0 atom stereocenters. The fourth-order valence-corrected chi connectivity index (χ4v) is 1.23. The highest BCUT2D eigenvalue weighted by Crippen LogP contribution is 2.27. The predicted octanol–water partition coefficient (Wildman–Crippen LogP) is 2.30. The molecule has 0 radical (unpaired) electrons. The van der Waals surface area contributed by atoms with Crippen molar-refractivity contribution in [2.45, 2.75) is 12.8 Å². The minimum Gasteiger partial charge on any atom is -0.481 e. The number of rotatable bonds is 3. The highest BCUT2D eigenvalue weighted by molar-refractivity contribution is 6.31. The molecule has 1 rings (SSSR count). The monoisotopic (exact) mass is 221 g/mol. The van der Waals surface area contributed by atoms with Crippen LogP contribution in [0.25, 0.3) is 0 Å². The molecule has 14 heavy (non-hydrogen) atoms. The number of alkyl halides is 2. The van der Waals surface area contributed by atoms with Crippen LogP contribution in [0.4, 0.5) is 8.78 Å². The Labute approximate surface area is 83.3 Å². The fraction of sp³-hybridized carbons (Fsp3) is 0.250. The zero-order chi connectivity index (χ0) is 10.7. The quantitative estimate of drug-likeness (QED) is 0.852. The van der Waals surface area contributed by atoms with Crippen LogP contribution in [-0.4, -0.2) is 16.1 Å². The summed E-state index contributed by atoms with van der Waals surface area (Å²) >= 11 is 5.56. The average Bonchev–Trinajstić information content (AvgIpc) is 2.07. The first-order chi connectivity index (χ1) is 6.52. The number of hydrogen-bond acceptors (Lipinski definition) is 2. The van der Waals surface area contributed by atoms with Crippen LogP contribution in [0.3, 0.4) is 0 Å². The molecule has 0 aliphatic carbocycles. The molecule has 76 valence electrons. The van der Waals surface area contributed by atoms with Crippen molar-refractivity contribution >= 4 is 17.6 Å². The number of carboxylic acid groups (broad SMARTS) is 1. The Kier molecular flexibility index (Phi) is 3.35. The third-order valence-corrected chi connectivity index (χ3v) is 1.93. The third-order valence-electron chi connectivity index (χ3n) is 1.60. The van der Waals surface area contributed by atoms with Gasteiger partial charge < -0.3 is 5.11 Å². The van der Waals surface area contributed by atoms with Crippen LogP contribution in [0.2, 0.25) is 5.02 Å². The summed E-state index contributed by atoms with van der Waals surface area (Å²) in [5.74, 6) is -1.21. The van der Waals surface area contributed by atoms with E-state index in [2.05, 4.69) is 4.98 Å². The zero-order valence-electron chi connectivity index (χ0n) is 6.88. The molecule has 0 saturated carbocycles. The standard InChI is InChI=1S/C8H6ClF2NO2/c9-6-3-12-2-5(8(10)11)4(6)1-7(13)14/h2-3,8H,1H2,(H,13,14). The second kappa shape index (κ2) is 4.32. The van der Waals surface area contributed by atoms with E-state index in [4.69, 9.17) is 16.7 Å². The molecule has 3 nitrogen and oxygen atoms in total. The second-order valence-corrected chi connectivity index (χ2v) is 2.97. The molecular formula is C8H6ClF2NO2. The lowest BCUT2D eigenvalue weighted by Crippen LogP contribution is -2.05. The van der Waals surface area contributed by atoms with E-state index in [1.165, 1.54) is 0 Å². The first kappa shape index (κ1) is 10.8. The SMILES string of the molecule is O=C(O)Cc1c(Cl)cncc1C(F)F. The molecule has 0 aliphatic rings. The molecule has 0 spiro atoms. The molecule has 0 fully saturated rings. The summed E-state index contributed by atoms with van der Waals surface area (Å²) in [6.45, 7) is 0. The van der Waals surface area contributed by atoms with Crippen LogP contribution in [0, 0.1) is 0 Å². The summed E-state index contributed by atoms with van der Waals surface area (Å²) in [6.07, 6.45) is -1.22. The summed E-state index contributed by atoms with van der Waals surface area (Å²) in [4.78, 5) is 13.8. The van der Waals surface area contributed by atoms with Gasteiger partial charge in [-0.15, -0.1) is 0 Å². The van der Waals surface area contributed by atoms with E-state index in [9.17, 15) is 13.6 Å². The van der Waals surface area contributed by atoms with Gasteiger partial charge in [-0.2, -0.15) is 0 Å². The van der Waals surface area contributed by atoms with Gasteiger partial charge in [-0.1, -0.05) is 11.6 Å². The van der Waals surface area contributed by atoms with Crippen molar-refractivity contribution < 1.29 is 18.7 Å². The molecule has 1 aromatic rings. The second-order valence-electron chi connectivity index (χ2n) is 2.56. The minimum atomic E-state index is -2.77. The number of carboxylic acids is 1. The maximum absolute atomic E-state index is 12.4. The van der Waals surface area contributed by atoms with Gasteiger partial charge in [0.25, 0.3) is 6.43 Å². The number of aromatic nitrogens is 1. The Hall–Kier alpha value is -1.23. The van der Waals surface area contributed by atoms with Gasteiger partial charge in [-0.05, 0) is 5.56 Å². The highest BCUT2D eigenvalue weighted by Gasteiger charge is 2.17. The Morgan fingerprint density at radius 2 is 2.21 bits per heavy atom. The lowest BCUT2D eigenvalue weighted by Gasteiger charge is -2.07. The van der Waals surface area contributed by atoms with Crippen LogP contribution in [0.1, 0.15) is 17.6 Å². The number of pyridine rings is 1. The number of aliphatic carboxylic acids is 1. The van der Waals surface area contributed by atoms with Crippen molar-refractivity contribution in [2.75, 3.05) is 0 Å². The molecule has 1 aromatic heterocycles. The summed E-state index contributed by atoms with van der Waals surface area (Å²) < 4.78 is 24.7. The molecule has 1 heterocycles. The van der Waals surface area contributed by atoms with Crippen molar-refractivity contribution in [2.24, 2.45) is 0 Å². The van der Waals surface area contributed by atoms with E-state index in [0.29, 0.717) is 0 Å². The Morgan fingerprint density at radius 1 is 1.57 bits per heavy atom. The van der Waals surface area contributed by atoms with Gasteiger partial charge in [0.05, 0.1) is 11.4 Å². The smallest absolute Gasteiger partial charge is 0.307 e. The van der Waals surface area contributed by atoms with Crippen LogP contribution >= 0.6 is 11.6 Å². The van der Waals surface area contributed by atoms with Gasteiger partial charge in [0, 0.05) is 18.0 Å². The summed E-state index contributed by atoms with van der Waals surface area (Å²) in [5.41, 5.74) is -0.510. The minimum absolute atomic E-state index is 0.0507. The summed E-state index contributed by atoms with van der Waals surface area (Å²) in [5, 5.41) is 8.42. The van der Waals surface area contributed by atoms with Gasteiger partial charge in [0.15, 0.2) is 0 Å². The molecule has 0 bridgehead atoms. The van der Waals surface area contributed by atoms with Crippen molar-refractivity contribution in [3.8, 4) is 0 Å². The lowest BCUT2D eigenvalue weighted by atomic mass is 10.1. The average molecular weight is 222 g/mol. The van der Waals surface area contributed by atoms with Gasteiger partial charge in [-0.3, -0.25) is 9.78 Å². The summed E-state index contributed by atoms with van der Waals surface area (Å²) in [6, 6.07) is 0. The number of hydrogen-bond donors (Lipinski definition) is 1. The number of nitrogens with zero attached hydrogens (tertiary/aromatic N) is 1. The van der Waals surface area contributed by atoms with E-state index in [-0.39, 0.29) is 10.6 Å². The molecule has 0 aliphatic heterocycles. The highest BCUT2D eigenvalue weighted by atomic mass is 35.5. The Morgan fingerprint density at radius 3 is 2.71 bits per heavy atom. The van der Waals surface area contributed by atoms with E-state index in [0.717, 1.165) is 12.4 Å². The van der Waals surface area contributed by atoms with Crippen LogP contribution in [-0.2, 0) is 11.2 Å². The predicted molar refractivity (Wildman–Crippen MR) is 45.5 cm³/mol. The van der Waals surface area contributed by atoms with Gasteiger partial charge in [0.1, 0.15) is 0 Å². The van der Waals surface area contributed by atoms with E-state index < -0.39 is 24.4 Å². The molecule has 0 aromatic carbocycles. The first-order valence-corrected chi connectivity index (χ1v) is 4.02. The zero-order valence-corrected chi connectivity index (χ0v) is 7.63. The molecular weight excluding hydrogens is 216 g/mol. The van der Waals surface area contributed by atoms with Crippen molar-refractivity contribution in [1.82, 2.24) is 4.98 Å². The molecule has 6 heteroatoms. The largest absolute Gasteiger partial charge is 0.481 e. The maximum Gasteiger partial charge on any atom is 0.307 e. The maximum atomic E-state index is 12.4. The van der Waals surface area contributed by atoms with Gasteiger partial charge in [-0.25, -0.2) is 8.78 Å². The topological polar surface area (TPSA) is 50.2 Å². The first-order valence-electron chi connectivity index (χ1n) is 3.64. The molecule has 0 unspecified atom stereocenters. The Bertz CT molecular complexity index is 357. The van der Waals surface area contributed by atoms with Crippen LogP contribution < -0.4 is 0 Å². The van der Waals surface area contributed by atoms with Crippen LogP contribution in [0.15, 0.2) is 12.4 Å². The van der Waals surface area contributed by atoms with E-state index >= 15 is 0 Å².